The highest BCUT2D eigenvalue weighted by Gasteiger charge is 2.27. The standard InChI is InChI=1S/C17H29NO/c1-12-8-9-15(19)14(10-12)13(2)18-17(6,7)11-16(3,4)5/h8-10,13,18-19H,11H2,1-7H3. The number of aromatic hydroxyl groups is 1. The van der Waals surface area contributed by atoms with Gasteiger partial charge in [-0.2, -0.15) is 0 Å². The summed E-state index contributed by atoms with van der Waals surface area (Å²) in [4.78, 5) is 0. The Morgan fingerprint density at radius 1 is 1.16 bits per heavy atom. The maximum absolute atomic E-state index is 9.99. The van der Waals surface area contributed by atoms with Gasteiger partial charge in [-0.15, -0.1) is 0 Å². The van der Waals surface area contributed by atoms with Crippen molar-refractivity contribution >= 4 is 0 Å². The normalized spacial score (nSPS) is 14.5. The lowest BCUT2D eigenvalue weighted by atomic mass is 9.81. The molecule has 1 atom stereocenters. The van der Waals surface area contributed by atoms with Crippen LogP contribution in [-0.4, -0.2) is 10.6 Å². The summed E-state index contributed by atoms with van der Waals surface area (Å²) in [6, 6.07) is 5.91. The van der Waals surface area contributed by atoms with Gasteiger partial charge in [0.05, 0.1) is 0 Å². The number of nitrogens with one attached hydrogen (secondary N) is 1. The maximum Gasteiger partial charge on any atom is 0.120 e. The minimum Gasteiger partial charge on any atom is -0.508 e. The van der Waals surface area contributed by atoms with Crippen LogP contribution >= 0.6 is 0 Å². The Hall–Kier alpha value is -1.02. The van der Waals surface area contributed by atoms with Crippen LogP contribution < -0.4 is 5.32 Å². The van der Waals surface area contributed by atoms with Crippen LogP contribution in [0.25, 0.3) is 0 Å². The monoisotopic (exact) mass is 263 g/mol. The van der Waals surface area contributed by atoms with Crippen LogP contribution in [0, 0.1) is 12.3 Å². The second-order valence-electron chi connectivity index (χ2n) is 7.55. The summed E-state index contributed by atoms with van der Waals surface area (Å²) in [5.74, 6) is 0.372. The zero-order valence-electron chi connectivity index (χ0n) is 13.5. The predicted octanol–water partition coefficient (Wildman–Crippen LogP) is 4.57. The number of hydrogen-bond acceptors (Lipinski definition) is 2. The van der Waals surface area contributed by atoms with Crippen LogP contribution in [0.15, 0.2) is 18.2 Å². The van der Waals surface area contributed by atoms with Gasteiger partial charge < -0.3 is 10.4 Å². The maximum atomic E-state index is 9.99. The molecule has 1 aromatic rings. The average molecular weight is 263 g/mol. The topological polar surface area (TPSA) is 32.3 Å². The molecule has 2 nitrogen and oxygen atoms in total. The van der Waals surface area contributed by atoms with Crippen LogP contribution in [0.5, 0.6) is 5.75 Å². The zero-order chi connectivity index (χ0) is 14.8. The average Bonchev–Trinajstić information content (AvgIpc) is 2.16. The number of aryl methyl sites for hydroxylation is 1. The fraction of sp³-hybridized carbons (Fsp3) is 0.647. The molecular formula is C17H29NO. The molecule has 0 aliphatic heterocycles. The quantitative estimate of drug-likeness (QED) is 0.834. The molecular weight excluding hydrogens is 234 g/mol. The Labute approximate surface area is 118 Å². The lowest BCUT2D eigenvalue weighted by Crippen LogP contribution is -2.43. The molecule has 0 amide bonds. The third kappa shape index (κ3) is 5.23. The second-order valence-corrected chi connectivity index (χ2v) is 7.55. The Balaban J connectivity index is 2.84. The number of benzene rings is 1. The first-order valence-corrected chi connectivity index (χ1v) is 7.07. The van der Waals surface area contributed by atoms with Gasteiger partial charge in [-0.1, -0.05) is 38.5 Å². The molecule has 2 heteroatoms. The summed E-state index contributed by atoms with van der Waals surface area (Å²) in [6.07, 6.45) is 1.08. The molecule has 0 spiro atoms. The highest BCUT2D eigenvalue weighted by Crippen LogP contribution is 2.31. The van der Waals surface area contributed by atoms with Crippen molar-refractivity contribution in [2.45, 2.75) is 66.5 Å². The van der Waals surface area contributed by atoms with E-state index < -0.39 is 0 Å². The fourth-order valence-electron chi connectivity index (χ4n) is 3.06. The highest BCUT2D eigenvalue weighted by molar-refractivity contribution is 5.37. The smallest absolute Gasteiger partial charge is 0.120 e. The van der Waals surface area contributed by atoms with E-state index in [0.717, 1.165) is 12.0 Å². The molecule has 1 rings (SSSR count). The van der Waals surface area contributed by atoms with Gasteiger partial charge in [-0.05, 0) is 45.6 Å². The SMILES string of the molecule is Cc1ccc(O)c(C(C)NC(C)(C)CC(C)(C)C)c1. The van der Waals surface area contributed by atoms with Crippen LogP contribution in [-0.2, 0) is 0 Å². The summed E-state index contributed by atoms with van der Waals surface area (Å²) < 4.78 is 0. The van der Waals surface area contributed by atoms with Crippen LogP contribution in [0.3, 0.4) is 0 Å². The van der Waals surface area contributed by atoms with E-state index >= 15 is 0 Å². The van der Waals surface area contributed by atoms with Crippen LogP contribution in [0.4, 0.5) is 0 Å². The first-order valence-electron chi connectivity index (χ1n) is 7.07. The Morgan fingerprint density at radius 2 is 1.74 bits per heavy atom. The van der Waals surface area contributed by atoms with Gasteiger partial charge in [-0.25, -0.2) is 0 Å². The van der Waals surface area contributed by atoms with Crippen LogP contribution in [0.2, 0.25) is 0 Å². The van der Waals surface area contributed by atoms with Crippen molar-refractivity contribution in [2.24, 2.45) is 5.41 Å². The Bertz CT molecular complexity index is 429. The third-order valence-corrected chi connectivity index (χ3v) is 3.23. The molecule has 0 radical (unpaired) electrons. The summed E-state index contributed by atoms with van der Waals surface area (Å²) >= 11 is 0. The largest absolute Gasteiger partial charge is 0.508 e. The van der Waals surface area contributed by atoms with Gasteiger partial charge in [0, 0.05) is 17.1 Å². The molecule has 108 valence electrons. The summed E-state index contributed by atoms with van der Waals surface area (Å²) in [7, 11) is 0. The molecule has 0 heterocycles. The van der Waals surface area contributed by atoms with Gasteiger partial charge in [0.2, 0.25) is 0 Å². The van der Waals surface area contributed by atoms with Crippen molar-refractivity contribution < 1.29 is 5.11 Å². The molecule has 1 unspecified atom stereocenters. The number of phenols is 1. The highest BCUT2D eigenvalue weighted by atomic mass is 16.3. The number of hydrogen-bond donors (Lipinski definition) is 2. The van der Waals surface area contributed by atoms with E-state index in [0.29, 0.717) is 5.75 Å². The first-order chi connectivity index (χ1) is 8.50. The molecule has 0 saturated heterocycles. The summed E-state index contributed by atoms with van der Waals surface area (Å²) in [6.45, 7) is 15.4. The van der Waals surface area contributed by atoms with Gasteiger partial charge in [0.15, 0.2) is 0 Å². The minimum absolute atomic E-state index is 0.0356. The van der Waals surface area contributed by atoms with Crippen molar-refractivity contribution in [3.8, 4) is 5.75 Å². The zero-order valence-corrected chi connectivity index (χ0v) is 13.5. The summed E-state index contributed by atoms with van der Waals surface area (Å²) in [5.41, 5.74) is 2.47. The van der Waals surface area contributed by atoms with Crippen molar-refractivity contribution in [1.29, 1.82) is 0 Å². The molecule has 0 bridgehead atoms. The van der Waals surface area contributed by atoms with E-state index in [1.165, 1.54) is 5.56 Å². The third-order valence-electron chi connectivity index (χ3n) is 3.23. The van der Waals surface area contributed by atoms with Gasteiger partial charge >= 0.3 is 0 Å². The molecule has 2 N–H and O–H groups in total. The molecule has 0 saturated carbocycles. The minimum atomic E-state index is 0.0356. The molecule has 1 aromatic carbocycles. The Kier molecular flexibility index (Phi) is 4.67. The molecule has 0 fully saturated rings. The van der Waals surface area contributed by atoms with E-state index in [1.807, 2.05) is 6.07 Å². The number of phenolic OH excluding ortho intramolecular Hbond substituents is 1. The lowest BCUT2D eigenvalue weighted by Gasteiger charge is -2.36. The van der Waals surface area contributed by atoms with Crippen molar-refractivity contribution in [3.63, 3.8) is 0 Å². The predicted molar refractivity (Wildman–Crippen MR) is 82.5 cm³/mol. The van der Waals surface area contributed by atoms with E-state index in [1.54, 1.807) is 6.07 Å². The molecule has 0 aliphatic rings. The van der Waals surface area contributed by atoms with E-state index in [-0.39, 0.29) is 17.0 Å². The summed E-state index contributed by atoms with van der Waals surface area (Å²) in [5, 5.41) is 13.6. The van der Waals surface area contributed by atoms with E-state index in [2.05, 4.69) is 59.8 Å². The fourth-order valence-corrected chi connectivity index (χ4v) is 3.06. The van der Waals surface area contributed by atoms with Gasteiger partial charge in [-0.3, -0.25) is 0 Å². The van der Waals surface area contributed by atoms with Crippen molar-refractivity contribution in [3.05, 3.63) is 29.3 Å². The van der Waals surface area contributed by atoms with E-state index in [4.69, 9.17) is 0 Å². The lowest BCUT2D eigenvalue weighted by molar-refractivity contribution is 0.225. The Morgan fingerprint density at radius 3 is 2.26 bits per heavy atom. The van der Waals surface area contributed by atoms with Crippen LogP contribution in [0.1, 0.15) is 65.1 Å². The van der Waals surface area contributed by atoms with Gasteiger partial charge in [0.25, 0.3) is 0 Å². The van der Waals surface area contributed by atoms with Crippen molar-refractivity contribution in [2.75, 3.05) is 0 Å². The second kappa shape index (κ2) is 5.54. The van der Waals surface area contributed by atoms with E-state index in [9.17, 15) is 5.11 Å². The molecule has 0 aliphatic carbocycles. The molecule has 19 heavy (non-hydrogen) atoms. The molecule has 0 aromatic heterocycles. The van der Waals surface area contributed by atoms with Crippen molar-refractivity contribution in [1.82, 2.24) is 5.32 Å². The number of rotatable bonds is 4. The van der Waals surface area contributed by atoms with Gasteiger partial charge in [0.1, 0.15) is 5.75 Å². The first kappa shape index (κ1) is 16.0.